The maximum Gasteiger partial charge on any atom is 0.230 e. The molecule has 132 valence electrons. The van der Waals surface area contributed by atoms with Crippen molar-refractivity contribution < 1.29 is 4.79 Å². The van der Waals surface area contributed by atoms with Crippen LogP contribution in [0.25, 0.3) is 0 Å². The molecule has 2 heterocycles. The van der Waals surface area contributed by atoms with Crippen molar-refractivity contribution in [2.75, 3.05) is 31.1 Å². The van der Waals surface area contributed by atoms with Gasteiger partial charge in [-0.3, -0.25) is 9.48 Å². The number of hydrogen-bond acceptors (Lipinski definition) is 3. The number of para-hydroxylation sites is 1. The first-order chi connectivity index (χ1) is 12.2. The zero-order chi connectivity index (χ0) is 17.2. The van der Waals surface area contributed by atoms with E-state index < -0.39 is 0 Å². The highest BCUT2D eigenvalue weighted by atomic mass is 16.2. The lowest BCUT2D eigenvalue weighted by Crippen LogP contribution is -2.39. The van der Waals surface area contributed by atoms with Crippen molar-refractivity contribution in [2.24, 2.45) is 13.0 Å². The second kappa shape index (κ2) is 7.00. The van der Waals surface area contributed by atoms with E-state index in [1.807, 2.05) is 59.4 Å². The molecule has 1 aliphatic carbocycles. The lowest BCUT2D eigenvalue weighted by atomic mass is 10.1. The Balaban J connectivity index is 1.46. The van der Waals surface area contributed by atoms with E-state index in [0.29, 0.717) is 5.92 Å². The topological polar surface area (TPSA) is 41.4 Å². The fourth-order valence-corrected chi connectivity index (χ4v) is 3.89. The molecule has 1 aromatic carbocycles. The average Bonchev–Trinajstić information content (AvgIpc) is 3.02. The molecule has 5 heteroatoms. The average molecular weight is 338 g/mol. The summed E-state index contributed by atoms with van der Waals surface area (Å²) in [6.07, 6.45) is 7.44. The van der Waals surface area contributed by atoms with Crippen molar-refractivity contribution in [3.63, 3.8) is 0 Å². The van der Waals surface area contributed by atoms with Crippen molar-refractivity contribution in [2.45, 2.75) is 25.2 Å². The van der Waals surface area contributed by atoms with Gasteiger partial charge in [-0.1, -0.05) is 18.2 Å². The van der Waals surface area contributed by atoms with Crippen LogP contribution in [-0.2, 0) is 11.8 Å². The maximum absolute atomic E-state index is 13.2. The molecular weight excluding hydrogens is 312 g/mol. The predicted molar refractivity (Wildman–Crippen MR) is 98.5 cm³/mol. The summed E-state index contributed by atoms with van der Waals surface area (Å²) < 4.78 is 1.82. The van der Waals surface area contributed by atoms with Gasteiger partial charge in [-0.05, 0) is 56.0 Å². The van der Waals surface area contributed by atoms with Gasteiger partial charge in [0.1, 0.15) is 0 Å². The zero-order valence-electron chi connectivity index (χ0n) is 14.8. The highest BCUT2D eigenvalue weighted by Crippen LogP contribution is 2.48. The summed E-state index contributed by atoms with van der Waals surface area (Å²) in [5, 5.41) is 4.25. The number of carbonyl (C=O) groups is 1. The third-order valence-electron chi connectivity index (χ3n) is 5.43. The Bertz CT molecular complexity index is 720. The molecule has 1 aliphatic heterocycles. The fourth-order valence-electron chi connectivity index (χ4n) is 3.89. The number of likely N-dealkylation sites (tertiary alicyclic amines) is 1. The monoisotopic (exact) mass is 338 g/mol. The normalized spacial score (nSPS) is 22.9. The smallest absolute Gasteiger partial charge is 0.230 e. The molecule has 2 unspecified atom stereocenters. The molecule has 0 bridgehead atoms. The summed E-state index contributed by atoms with van der Waals surface area (Å²) >= 11 is 0. The lowest BCUT2D eigenvalue weighted by molar-refractivity contribution is -0.119. The Kier molecular flexibility index (Phi) is 4.57. The van der Waals surface area contributed by atoms with Crippen molar-refractivity contribution >= 4 is 11.6 Å². The molecule has 1 amide bonds. The van der Waals surface area contributed by atoms with E-state index in [9.17, 15) is 4.79 Å². The SMILES string of the molecule is Cn1cc(C2CC2C(=O)N(CCN2CCCC2)c2ccccc2)cn1. The molecule has 0 N–H and O–H groups in total. The van der Waals surface area contributed by atoms with Crippen LogP contribution in [0.15, 0.2) is 42.7 Å². The molecule has 2 aromatic rings. The molecule has 1 saturated carbocycles. The van der Waals surface area contributed by atoms with Crippen LogP contribution >= 0.6 is 0 Å². The minimum absolute atomic E-state index is 0.1000. The van der Waals surface area contributed by atoms with Gasteiger partial charge in [0, 0.05) is 37.9 Å². The lowest BCUT2D eigenvalue weighted by Gasteiger charge is -2.26. The van der Waals surface area contributed by atoms with E-state index in [2.05, 4.69) is 10.00 Å². The van der Waals surface area contributed by atoms with Gasteiger partial charge in [0.15, 0.2) is 0 Å². The zero-order valence-corrected chi connectivity index (χ0v) is 14.8. The highest BCUT2D eigenvalue weighted by Gasteiger charge is 2.46. The van der Waals surface area contributed by atoms with Crippen LogP contribution in [0.1, 0.15) is 30.7 Å². The van der Waals surface area contributed by atoms with Gasteiger partial charge in [0.2, 0.25) is 5.91 Å². The molecular formula is C20H26N4O. The maximum atomic E-state index is 13.2. The molecule has 4 rings (SSSR count). The third kappa shape index (κ3) is 3.61. The number of amides is 1. The summed E-state index contributed by atoms with van der Waals surface area (Å²) in [6, 6.07) is 10.1. The molecule has 2 fully saturated rings. The van der Waals surface area contributed by atoms with Crippen molar-refractivity contribution in [1.29, 1.82) is 0 Å². The van der Waals surface area contributed by atoms with Gasteiger partial charge in [0.25, 0.3) is 0 Å². The summed E-state index contributed by atoms with van der Waals surface area (Å²) in [4.78, 5) is 17.6. The summed E-state index contributed by atoms with van der Waals surface area (Å²) in [7, 11) is 1.93. The summed E-state index contributed by atoms with van der Waals surface area (Å²) in [5.74, 6) is 0.696. The first-order valence-corrected chi connectivity index (χ1v) is 9.30. The Hall–Kier alpha value is -2.14. The van der Waals surface area contributed by atoms with E-state index in [1.165, 1.54) is 31.5 Å². The Morgan fingerprint density at radius 2 is 2.00 bits per heavy atom. The van der Waals surface area contributed by atoms with Crippen molar-refractivity contribution in [3.05, 3.63) is 48.3 Å². The van der Waals surface area contributed by atoms with Crippen LogP contribution in [0.4, 0.5) is 5.69 Å². The molecule has 5 nitrogen and oxygen atoms in total. The molecule has 0 spiro atoms. The van der Waals surface area contributed by atoms with Crippen LogP contribution in [-0.4, -0.2) is 46.8 Å². The van der Waals surface area contributed by atoms with E-state index in [-0.39, 0.29) is 11.8 Å². The van der Waals surface area contributed by atoms with Crippen LogP contribution in [0.2, 0.25) is 0 Å². The quantitative estimate of drug-likeness (QED) is 0.813. The first-order valence-electron chi connectivity index (χ1n) is 9.30. The highest BCUT2D eigenvalue weighted by molar-refractivity contribution is 5.97. The second-order valence-corrected chi connectivity index (χ2v) is 7.27. The van der Waals surface area contributed by atoms with Gasteiger partial charge in [-0.25, -0.2) is 0 Å². The number of aromatic nitrogens is 2. The number of aryl methyl sites for hydroxylation is 1. The van der Waals surface area contributed by atoms with Crippen molar-refractivity contribution in [3.8, 4) is 0 Å². The third-order valence-corrected chi connectivity index (χ3v) is 5.43. The first kappa shape index (κ1) is 16.3. The minimum Gasteiger partial charge on any atom is -0.311 e. The largest absolute Gasteiger partial charge is 0.311 e. The molecule has 0 radical (unpaired) electrons. The second-order valence-electron chi connectivity index (χ2n) is 7.27. The van der Waals surface area contributed by atoms with Gasteiger partial charge >= 0.3 is 0 Å². The Morgan fingerprint density at radius 3 is 2.68 bits per heavy atom. The van der Waals surface area contributed by atoms with Crippen LogP contribution in [0, 0.1) is 5.92 Å². The van der Waals surface area contributed by atoms with E-state index in [1.54, 1.807) is 0 Å². The van der Waals surface area contributed by atoms with Crippen LogP contribution in [0.3, 0.4) is 0 Å². The van der Waals surface area contributed by atoms with E-state index >= 15 is 0 Å². The van der Waals surface area contributed by atoms with Gasteiger partial charge in [-0.15, -0.1) is 0 Å². The van der Waals surface area contributed by atoms with Crippen molar-refractivity contribution in [1.82, 2.24) is 14.7 Å². The molecule has 2 aliphatic rings. The summed E-state index contributed by atoms with van der Waals surface area (Å²) in [5.41, 5.74) is 2.21. The minimum atomic E-state index is 0.1000. The number of hydrogen-bond donors (Lipinski definition) is 0. The molecule has 2 atom stereocenters. The van der Waals surface area contributed by atoms with Crippen LogP contribution < -0.4 is 4.90 Å². The number of anilines is 1. The predicted octanol–water partition coefficient (Wildman–Crippen LogP) is 2.65. The molecule has 1 aromatic heterocycles. The van der Waals surface area contributed by atoms with Gasteiger partial charge in [0.05, 0.1) is 6.20 Å². The van der Waals surface area contributed by atoms with Crippen LogP contribution in [0.5, 0.6) is 0 Å². The number of nitrogens with zero attached hydrogens (tertiary/aromatic N) is 4. The standard InChI is InChI=1S/C20H26N4O/c1-22-15-16(14-21-22)18-13-19(18)20(25)24(17-7-3-2-4-8-17)12-11-23-9-5-6-10-23/h2-4,7-8,14-15,18-19H,5-6,9-13H2,1H3. The Morgan fingerprint density at radius 1 is 1.24 bits per heavy atom. The fraction of sp³-hybridized carbons (Fsp3) is 0.500. The summed E-state index contributed by atoms with van der Waals surface area (Å²) in [6.45, 7) is 4.07. The number of rotatable bonds is 6. The Labute approximate surface area is 149 Å². The van der Waals surface area contributed by atoms with Gasteiger partial charge in [-0.2, -0.15) is 5.10 Å². The number of benzene rings is 1. The number of carbonyl (C=O) groups excluding carboxylic acids is 1. The molecule has 1 saturated heterocycles. The van der Waals surface area contributed by atoms with Gasteiger partial charge < -0.3 is 9.80 Å². The van der Waals surface area contributed by atoms with E-state index in [4.69, 9.17) is 0 Å². The van der Waals surface area contributed by atoms with E-state index in [0.717, 1.165) is 25.2 Å². The molecule has 25 heavy (non-hydrogen) atoms.